The van der Waals surface area contributed by atoms with Gasteiger partial charge in [-0.2, -0.15) is 0 Å². The van der Waals surface area contributed by atoms with E-state index in [0.717, 1.165) is 26.2 Å². The lowest BCUT2D eigenvalue weighted by molar-refractivity contribution is -0.0208. The van der Waals surface area contributed by atoms with Gasteiger partial charge in [0.1, 0.15) is 0 Å². The number of fused-ring (bicyclic) bond motifs is 1. The fourth-order valence-electron chi connectivity index (χ4n) is 3.10. The van der Waals surface area contributed by atoms with Crippen LogP contribution in [-0.4, -0.2) is 44.3 Å². The molecule has 0 aromatic heterocycles. The number of nitrogens with one attached hydrogen (secondary N) is 1. The first-order chi connectivity index (χ1) is 10.3. The van der Waals surface area contributed by atoms with Crippen LogP contribution in [0.2, 0.25) is 0 Å². The zero-order chi connectivity index (χ0) is 14.7. The van der Waals surface area contributed by atoms with E-state index in [4.69, 9.17) is 4.74 Å². The van der Waals surface area contributed by atoms with Gasteiger partial charge in [0.2, 0.25) is 0 Å². The van der Waals surface area contributed by atoms with E-state index >= 15 is 0 Å². The fourth-order valence-corrected chi connectivity index (χ4v) is 3.10. The van der Waals surface area contributed by atoms with Crippen LogP contribution in [0, 0.1) is 0 Å². The highest BCUT2D eigenvalue weighted by Gasteiger charge is 2.20. The standard InChI is InChI=1S/C18H24N2O/c1-14-12-20(9-10-21-14)13-18(19-2)17-8-7-15-5-3-4-6-16(15)11-17/h3-8,11,14,18-19H,9-10,12-13H2,1-2H3. The third kappa shape index (κ3) is 3.43. The van der Waals surface area contributed by atoms with Crippen molar-refractivity contribution >= 4 is 10.8 Å². The van der Waals surface area contributed by atoms with Gasteiger partial charge in [-0.25, -0.2) is 0 Å². The summed E-state index contributed by atoms with van der Waals surface area (Å²) in [5.74, 6) is 0. The molecule has 3 rings (SSSR count). The van der Waals surface area contributed by atoms with Crippen LogP contribution in [0.3, 0.4) is 0 Å². The Balaban J connectivity index is 1.77. The van der Waals surface area contributed by atoms with Gasteiger partial charge in [0.15, 0.2) is 0 Å². The van der Waals surface area contributed by atoms with E-state index in [1.165, 1.54) is 16.3 Å². The monoisotopic (exact) mass is 284 g/mol. The summed E-state index contributed by atoms with van der Waals surface area (Å²) in [5, 5.41) is 6.08. The zero-order valence-corrected chi connectivity index (χ0v) is 12.9. The minimum absolute atomic E-state index is 0.341. The molecule has 0 aliphatic carbocycles. The lowest BCUT2D eigenvalue weighted by Crippen LogP contribution is -2.44. The number of morpholine rings is 1. The quantitative estimate of drug-likeness (QED) is 0.934. The van der Waals surface area contributed by atoms with Crippen LogP contribution in [0.5, 0.6) is 0 Å². The Bertz CT molecular complexity index is 599. The molecule has 1 aliphatic heterocycles. The molecule has 3 nitrogen and oxygen atoms in total. The third-order valence-electron chi connectivity index (χ3n) is 4.29. The van der Waals surface area contributed by atoms with Crippen molar-refractivity contribution in [2.24, 2.45) is 0 Å². The molecule has 2 unspecified atom stereocenters. The first-order valence-corrected chi connectivity index (χ1v) is 7.76. The van der Waals surface area contributed by atoms with Crippen molar-refractivity contribution in [1.29, 1.82) is 0 Å². The average molecular weight is 284 g/mol. The van der Waals surface area contributed by atoms with Crippen molar-refractivity contribution < 1.29 is 4.74 Å². The van der Waals surface area contributed by atoms with Crippen LogP contribution in [0.25, 0.3) is 10.8 Å². The summed E-state index contributed by atoms with van der Waals surface area (Å²) < 4.78 is 5.62. The summed E-state index contributed by atoms with van der Waals surface area (Å²) in [6.45, 7) is 6.07. The summed E-state index contributed by atoms with van der Waals surface area (Å²) in [7, 11) is 2.05. The van der Waals surface area contributed by atoms with Crippen LogP contribution in [0.4, 0.5) is 0 Å². The van der Waals surface area contributed by atoms with E-state index in [1.807, 2.05) is 7.05 Å². The summed E-state index contributed by atoms with van der Waals surface area (Å²) >= 11 is 0. The van der Waals surface area contributed by atoms with Crippen LogP contribution in [0.1, 0.15) is 18.5 Å². The van der Waals surface area contributed by atoms with Crippen LogP contribution in [-0.2, 0) is 4.74 Å². The van der Waals surface area contributed by atoms with E-state index < -0.39 is 0 Å². The number of ether oxygens (including phenoxy) is 1. The average Bonchev–Trinajstić information content (AvgIpc) is 2.52. The molecule has 0 radical (unpaired) electrons. The Morgan fingerprint density at radius 2 is 2.05 bits per heavy atom. The zero-order valence-electron chi connectivity index (χ0n) is 12.9. The predicted molar refractivity (Wildman–Crippen MR) is 87.6 cm³/mol. The first kappa shape index (κ1) is 14.5. The molecule has 0 amide bonds. The molecule has 0 spiro atoms. The van der Waals surface area contributed by atoms with Crippen molar-refractivity contribution in [3.63, 3.8) is 0 Å². The number of benzene rings is 2. The Morgan fingerprint density at radius 1 is 1.24 bits per heavy atom. The van der Waals surface area contributed by atoms with E-state index in [9.17, 15) is 0 Å². The molecule has 112 valence electrons. The van der Waals surface area contributed by atoms with Gasteiger partial charge < -0.3 is 10.1 Å². The van der Waals surface area contributed by atoms with Crippen molar-refractivity contribution in [1.82, 2.24) is 10.2 Å². The number of nitrogens with zero attached hydrogens (tertiary/aromatic N) is 1. The van der Waals surface area contributed by atoms with E-state index in [2.05, 4.69) is 59.6 Å². The number of hydrogen-bond acceptors (Lipinski definition) is 3. The van der Waals surface area contributed by atoms with Crippen molar-refractivity contribution in [2.75, 3.05) is 33.3 Å². The van der Waals surface area contributed by atoms with Gasteiger partial charge in [-0.3, -0.25) is 4.90 Å². The molecular weight excluding hydrogens is 260 g/mol. The Hall–Kier alpha value is -1.42. The minimum atomic E-state index is 0.341. The summed E-state index contributed by atoms with van der Waals surface area (Å²) in [4.78, 5) is 2.49. The van der Waals surface area contributed by atoms with Gasteiger partial charge in [-0.1, -0.05) is 36.4 Å². The summed E-state index contributed by atoms with van der Waals surface area (Å²) in [6, 6.07) is 15.7. The highest BCUT2D eigenvalue weighted by molar-refractivity contribution is 5.83. The predicted octanol–water partition coefficient (Wildman–Crippen LogP) is 2.82. The lowest BCUT2D eigenvalue weighted by Gasteiger charge is -2.33. The smallest absolute Gasteiger partial charge is 0.0674 e. The van der Waals surface area contributed by atoms with E-state index in [1.54, 1.807) is 0 Å². The molecule has 2 aromatic carbocycles. The van der Waals surface area contributed by atoms with Crippen LogP contribution >= 0.6 is 0 Å². The van der Waals surface area contributed by atoms with Crippen LogP contribution in [0.15, 0.2) is 42.5 Å². The highest BCUT2D eigenvalue weighted by atomic mass is 16.5. The number of likely N-dealkylation sites (N-methyl/N-ethyl adjacent to an activating group) is 1. The molecule has 2 atom stereocenters. The SMILES string of the molecule is CNC(CN1CCOC(C)C1)c1ccc2ccccc2c1. The highest BCUT2D eigenvalue weighted by Crippen LogP contribution is 2.21. The van der Waals surface area contributed by atoms with Crippen molar-refractivity contribution in [2.45, 2.75) is 19.1 Å². The number of hydrogen-bond donors (Lipinski definition) is 1. The Kier molecular flexibility index (Phi) is 4.54. The Morgan fingerprint density at radius 3 is 2.81 bits per heavy atom. The first-order valence-electron chi connectivity index (χ1n) is 7.76. The number of rotatable bonds is 4. The third-order valence-corrected chi connectivity index (χ3v) is 4.29. The molecule has 1 aliphatic rings. The molecular formula is C18H24N2O. The second kappa shape index (κ2) is 6.56. The van der Waals surface area contributed by atoms with Gasteiger partial charge in [0.25, 0.3) is 0 Å². The largest absolute Gasteiger partial charge is 0.376 e. The summed E-state index contributed by atoms with van der Waals surface area (Å²) in [5.41, 5.74) is 1.36. The van der Waals surface area contributed by atoms with Crippen LogP contribution < -0.4 is 5.32 Å². The molecule has 1 saturated heterocycles. The van der Waals surface area contributed by atoms with Gasteiger partial charge in [-0.05, 0) is 36.4 Å². The lowest BCUT2D eigenvalue weighted by atomic mass is 10.0. The molecule has 1 fully saturated rings. The molecule has 3 heteroatoms. The van der Waals surface area contributed by atoms with Crippen molar-refractivity contribution in [3.8, 4) is 0 Å². The maximum absolute atomic E-state index is 5.62. The molecule has 21 heavy (non-hydrogen) atoms. The maximum atomic E-state index is 5.62. The molecule has 0 saturated carbocycles. The van der Waals surface area contributed by atoms with Gasteiger partial charge >= 0.3 is 0 Å². The Labute approximate surface area is 126 Å². The minimum Gasteiger partial charge on any atom is -0.376 e. The molecule has 1 heterocycles. The van der Waals surface area contributed by atoms with Crippen molar-refractivity contribution in [3.05, 3.63) is 48.0 Å². The van der Waals surface area contributed by atoms with E-state index in [-0.39, 0.29) is 0 Å². The van der Waals surface area contributed by atoms with Gasteiger partial charge in [-0.15, -0.1) is 0 Å². The van der Waals surface area contributed by atoms with Gasteiger partial charge in [0, 0.05) is 25.7 Å². The van der Waals surface area contributed by atoms with Gasteiger partial charge in [0.05, 0.1) is 12.7 Å². The second-order valence-corrected chi connectivity index (χ2v) is 5.89. The van der Waals surface area contributed by atoms with E-state index in [0.29, 0.717) is 12.1 Å². The maximum Gasteiger partial charge on any atom is 0.0674 e. The molecule has 0 bridgehead atoms. The molecule has 2 aromatic rings. The second-order valence-electron chi connectivity index (χ2n) is 5.89. The normalized spacial score (nSPS) is 21.5. The molecule has 1 N–H and O–H groups in total. The fraction of sp³-hybridized carbons (Fsp3) is 0.444. The topological polar surface area (TPSA) is 24.5 Å². The summed E-state index contributed by atoms with van der Waals surface area (Å²) in [6.07, 6.45) is 0.341.